The summed E-state index contributed by atoms with van der Waals surface area (Å²) in [5.41, 5.74) is 1.88. The molecule has 0 saturated carbocycles. The number of benzene rings is 2. The molecule has 4 atom stereocenters. The van der Waals surface area contributed by atoms with Crippen LogP contribution in [0.4, 0.5) is 0 Å². The van der Waals surface area contributed by atoms with Crippen molar-refractivity contribution in [2.24, 2.45) is 0 Å². The minimum atomic E-state index is -0.939. The Morgan fingerprint density at radius 1 is 0.667 bits per heavy atom. The molecule has 3 aliphatic rings. The summed E-state index contributed by atoms with van der Waals surface area (Å²) in [5, 5.41) is 0.228. The lowest BCUT2D eigenvalue weighted by molar-refractivity contribution is -0.120. The largest absolute Gasteiger partial charge is 0.285 e. The summed E-state index contributed by atoms with van der Waals surface area (Å²) in [6.07, 6.45) is 0. The molecule has 2 aromatic carbocycles. The van der Waals surface area contributed by atoms with Crippen LogP contribution in [0.3, 0.4) is 0 Å². The highest BCUT2D eigenvalue weighted by Gasteiger charge is 2.85. The van der Waals surface area contributed by atoms with E-state index in [9.17, 15) is 9.59 Å². The third kappa shape index (κ3) is 2.61. The number of hydrogen-bond donors (Lipinski definition) is 0. The molecule has 0 amide bonds. The number of fused-ring (bicyclic) bond motifs is 6. The Kier molecular flexibility index (Phi) is 5.60. The van der Waals surface area contributed by atoms with Gasteiger partial charge in [0.25, 0.3) is 0 Å². The lowest BCUT2D eigenvalue weighted by Gasteiger charge is -2.51. The molecule has 3 heterocycles. The topological polar surface area (TPSA) is 34.1 Å². The van der Waals surface area contributed by atoms with E-state index in [2.05, 4.69) is 13.8 Å². The predicted molar refractivity (Wildman–Crippen MR) is 138 cm³/mol. The van der Waals surface area contributed by atoms with Gasteiger partial charge < -0.3 is 0 Å². The Morgan fingerprint density at radius 2 is 1.03 bits per heavy atom. The average Bonchev–Trinajstić information content (AvgIpc) is 3.20. The molecule has 5 rings (SSSR count). The SMILES string of the molecule is CCS[C@]12SC(=O)[C@](c3ccccc3)(S1)[C@@]1(c3ccccc3)S[C@]2(SCC)SC1=O. The van der Waals surface area contributed by atoms with Crippen LogP contribution in [0.15, 0.2) is 60.7 Å². The van der Waals surface area contributed by atoms with E-state index in [0.717, 1.165) is 22.6 Å². The number of carbonyl (C=O) groups excluding carboxylic acids is 2. The van der Waals surface area contributed by atoms with Crippen molar-refractivity contribution in [3.05, 3.63) is 71.8 Å². The number of rotatable bonds is 6. The van der Waals surface area contributed by atoms with Crippen LogP contribution in [0.5, 0.6) is 0 Å². The van der Waals surface area contributed by atoms with E-state index in [0.29, 0.717) is 0 Å². The summed E-state index contributed by atoms with van der Waals surface area (Å²) < 4.78 is -2.69. The fourth-order valence-corrected chi connectivity index (χ4v) is 18.0. The van der Waals surface area contributed by atoms with Crippen molar-refractivity contribution >= 4 is 80.8 Å². The van der Waals surface area contributed by atoms with Crippen molar-refractivity contribution < 1.29 is 9.59 Å². The van der Waals surface area contributed by atoms with Crippen molar-refractivity contribution in [2.75, 3.05) is 11.5 Å². The summed E-state index contributed by atoms with van der Waals surface area (Å²) in [5.74, 6) is 1.80. The molecule has 2 aromatic rings. The number of carbonyl (C=O) groups is 2. The van der Waals surface area contributed by atoms with Gasteiger partial charge >= 0.3 is 0 Å². The molecule has 0 N–H and O–H groups in total. The predicted octanol–water partition coefficient (Wildman–Crippen LogP) is 6.62. The molecule has 0 aromatic heterocycles. The Balaban J connectivity index is 1.85. The molecule has 156 valence electrons. The van der Waals surface area contributed by atoms with Gasteiger partial charge in [-0.25, -0.2) is 0 Å². The average molecular weight is 509 g/mol. The highest BCUT2D eigenvalue weighted by Crippen LogP contribution is 2.89. The highest BCUT2D eigenvalue weighted by atomic mass is 32.3. The van der Waals surface area contributed by atoms with E-state index in [1.165, 1.54) is 23.5 Å². The summed E-state index contributed by atoms with van der Waals surface area (Å²) in [6, 6.07) is 20.0. The van der Waals surface area contributed by atoms with Crippen LogP contribution < -0.4 is 0 Å². The van der Waals surface area contributed by atoms with Gasteiger partial charge in [0.05, 0.1) is 0 Å². The molecule has 30 heavy (non-hydrogen) atoms. The molecule has 0 unspecified atom stereocenters. The Labute approximate surface area is 202 Å². The van der Waals surface area contributed by atoms with Gasteiger partial charge in [0.15, 0.2) is 0 Å². The van der Waals surface area contributed by atoms with Crippen LogP contribution in [0.2, 0.25) is 0 Å². The second kappa shape index (κ2) is 7.73. The number of thioether (sulfide) groups is 6. The second-order valence-corrected chi connectivity index (χ2v) is 16.8. The first kappa shape index (κ1) is 21.7. The summed E-state index contributed by atoms with van der Waals surface area (Å²) in [6.45, 7) is 4.28. The van der Waals surface area contributed by atoms with Crippen molar-refractivity contribution in [1.29, 1.82) is 0 Å². The minimum absolute atomic E-state index is 0.114. The van der Waals surface area contributed by atoms with Crippen molar-refractivity contribution in [2.45, 2.75) is 30.2 Å². The monoisotopic (exact) mass is 508 g/mol. The summed E-state index contributed by atoms with van der Waals surface area (Å²) in [4.78, 5) is 28.1. The molecule has 4 bridgehead atoms. The fraction of sp³-hybridized carbons (Fsp3) is 0.364. The maximum absolute atomic E-state index is 14.1. The first-order valence-corrected chi connectivity index (χ1v) is 15.0. The second-order valence-electron chi connectivity index (χ2n) is 7.06. The van der Waals surface area contributed by atoms with Gasteiger partial charge in [0, 0.05) is 0 Å². The Bertz CT molecular complexity index is 920. The van der Waals surface area contributed by atoms with Crippen molar-refractivity contribution in [3.63, 3.8) is 0 Å². The summed E-state index contributed by atoms with van der Waals surface area (Å²) in [7, 11) is 0. The van der Waals surface area contributed by atoms with E-state index in [-0.39, 0.29) is 10.2 Å². The number of hydrogen-bond acceptors (Lipinski definition) is 8. The zero-order valence-electron chi connectivity index (χ0n) is 16.5. The summed E-state index contributed by atoms with van der Waals surface area (Å²) >= 11 is 10.1. The van der Waals surface area contributed by atoms with E-state index in [1.807, 2.05) is 84.2 Å². The first-order valence-electron chi connectivity index (χ1n) is 9.76. The van der Waals surface area contributed by atoms with E-state index < -0.39 is 16.3 Å². The van der Waals surface area contributed by atoms with Crippen molar-refractivity contribution in [3.8, 4) is 0 Å². The Morgan fingerprint density at radius 3 is 1.37 bits per heavy atom. The smallest absolute Gasteiger partial charge is 0.214 e. The van der Waals surface area contributed by atoms with Gasteiger partial charge in [-0.1, -0.05) is 98.0 Å². The Hall–Kier alpha value is -0.120. The standard InChI is InChI=1S/C22H20O2S6/c1-3-25-21-22(26-4-2)28-18(24)20(30-22,16-13-9-6-10-14-16)19(29-21,17(23)27-21)15-11-7-5-8-12-15/h5-14H,3-4H2,1-2H3/t19-,20-,21+,22+/m0/s1. The molecule has 3 saturated heterocycles. The quantitative estimate of drug-likeness (QED) is 0.431. The zero-order chi connectivity index (χ0) is 21.0. The van der Waals surface area contributed by atoms with Gasteiger partial charge in [0.2, 0.25) is 10.2 Å². The third-order valence-electron chi connectivity index (χ3n) is 5.50. The van der Waals surface area contributed by atoms with Gasteiger partial charge in [-0.15, -0.1) is 47.0 Å². The minimum Gasteiger partial charge on any atom is -0.285 e. The molecule has 3 aliphatic heterocycles. The molecule has 3 fully saturated rings. The van der Waals surface area contributed by atoms with Crippen LogP contribution in [0.1, 0.15) is 25.0 Å². The van der Waals surface area contributed by atoms with Gasteiger partial charge in [-0.05, 0) is 22.6 Å². The molecule has 0 aliphatic carbocycles. The molecule has 8 heteroatoms. The third-order valence-corrected chi connectivity index (χ3v) is 17.8. The molecule has 0 radical (unpaired) electrons. The van der Waals surface area contributed by atoms with Gasteiger partial charge in [-0.2, -0.15) is 0 Å². The zero-order valence-corrected chi connectivity index (χ0v) is 21.4. The van der Waals surface area contributed by atoms with Crippen LogP contribution in [-0.2, 0) is 19.1 Å². The molecule has 2 nitrogen and oxygen atoms in total. The maximum atomic E-state index is 14.1. The van der Waals surface area contributed by atoms with E-state index in [1.54, 1.807) is 23.5 Å². The van der Waals surface area contributed by atoms with Gasteiger partial charge in [0.1, 0.15) is 16.3 Å². The lowest BCUT2D eigenvalue weighted by atomic mass is 9.80. The maximum Gasteiger partial charge on any atom is 0.214 e. The van der Waals surface area contributed by atoms with E-state index in [4.69, 9.17) is 0 Å². The normalized spacial score (nSPS) is 37.0. The first-order chi connectivity index (χ1) is 14.5. The van der Waals surface area contributed by atoms with Gasteiger partial charge in [-0.3, -0.25) is 9.59 Å². The van der Waals surface area contributed by atoms with Crippen LogP contribution >= 0.6 is 70.6 Å². The van der Waals surface area contributed by atoms with Crippen LogP contribution in [0, 0.1) is 0 Å². The van der Waals surface area contributed by atoms with Crippen LogP contribution in [0.25, 0.3) is 0 Å². The molecule has 0 spiro atoms. The fourth-order valence-electron chi connectivity index (χ4n) is 4.38. The molecular weight excluding hydrogens is 489 g/mol. The van der Waals surface area contributed by atoms with Crippen LogP contribution in [-0.4, -0.2) is 28.6 Å². The van der Waals surface area contributed by atoms with Crippen molar-refractivity contribution in [1.82, 2.24) is 0 Å². The molecular formula is C22H20O2S6. The van der Waals surface area contributed by atoms with E-state index >= 15 is 0 Å². The lowest BCUT2D eigenvalue weighted by Crippen LogP contribution is -2.53. The highest BCUT2D eigenvalue weighted by molar-refractivity contribution is 8.52.